The SMILES string of the molecule is Cc1ccc2c(sc3cccc(C#N)c32)c1-c1cc(-c2ccccc2)cc[n+]1C. The number of thiophene rings is 1. The van der Waals surface area contributed by atoms with Gasteiger partial charge in [-0.05, 0) is 35.7 Å². The first-order chi connectivity index (χ1) is 14.2. The van der Waals surface area contributed by atoms with Crippen LogP contribution in [0.2, 0.25) is 0 Å². The maximum atomic E-state index is 9.61. The van der Waals surface area contributed by atoms with Crippen LogP contribution in [0.25, 0.3) is 42.6 Å². The van der Waals surface area contributed by atoms with Crippen molar-refractivity contribution in [3.8, 4) is 28.5 Å². The number of pyridine rings is 1. The van der Waals surface area contributed by atoms with Crippen LogP contribution in [0.1, 0.15) is 11.1 Å². The quantitative estimate of drug-likeness (QED) is 0.320. The van der Waals surface area contributed by atoms with E-state index in [1.807, 2.05) is 18.2 Å². The van der Waals surface area contributed by atoms with Crippen molar-refractivity contribution in [2.45, 2.75) is 6.92 Å². The van der Waals surface area contributed by atoms with E-state index < -0.39 is 0 Å². The van der Waals surface area contributed by atoms with Crippen LogP contribution >= 0.6 is 11.3 Å². The maximum absolute atomic E-state index is 9.61. The summed E-state index contributed by atoms with van der Waals surface area (Å²) >= 11 is 1.77. The average Bonchev–Trinajstić information content (AvgIpc) is 3.14. The Bertz CT molecular complexity index is 1420. The molecule has 0 saturated carbocycles. The molecule has 2 nitrogen and oxygen atoms in total. The van der Waals surface area contributed by atoms with Gasteiger partial charge in [0.1, 0.15) is 7.05 Å². The van der Waals surface area contributed by atoms with Gasteiger partial charge < -0.3 is 0 Å². The van der Waals surface area contributed by atoms with Gasteiger partial charge in [-0.1, -0.05) is 48.5 Å². The van der Waals surface area contributed by atoms with Gasteiger partial charge in [0.05, 0.1) is 17.2 Å². The van der Waals surface area contributed by atoms with Crippen molar-refractivity contribution < 1.29 is 4.57 Å². The van der Waals surface area contributed by atoms with Crippen LogP contribution < -0.4 is 4.57 Å². The van der Waals surface area contributed by atoms with Gasteiger partial charge in [0, 0.05) is 32.3 Å². The number of hydrogen-bond donors (Lipinski definition) is 0. The Labute approximate surface area is 173 Å². The molecule has 0 amide bonds. The minimum atomic E-state index is 0.742. The fourth-order valence-electron chi connectivity index (χ4n) is 4.03. The number of fused-ring (bicyclic) bond motifs is 3. The minimum absolute atomic E-state index is 0.742. The first-order valence-electron chi connectivity index (χ1n) is 9.58. The number of nitrogens with zero attached hydrogens (tertiary/aromatic N) is 2. The first kappa shape index (κ1) is 17.6. The summed E-state index contributed by atoms with van der Waals surface area (Å²) in [6.07, 6.45) is 2.13. The normalized spacial score (nSPS) is 11.1. The Morgan fingerprint density at radius 3 is 2.52 bits per heavy atom. The van der Waals surface area contributed by atoms with Gasteiger partial charge in [0.2, 0.25) is 5.69 Å². The molecule has 138 valence electrons. The van der Waals surface area contributed by atoms with E-state index in [9.17, 15) is 5.26 Å². The molecule has 3 heteroatoms. The smallest absolute Gasteiger partial charge is 0.201 e. The zero-order valence-corrected chi connectivity index (χ0v) is 17.1. The number of aryl methyl sites for hydroxylation is 2. The molecule has 0 aliphatic carbocycles. The average molecular weight is 392 g/mol. The van der Waals surface area contributed by atoms with E-state index in [0.29, 0.717) is 0 Å². The Morgan fingerprint density at radius 1 is 0.897 bits per heavy atom. The summed E-state index contributed by atoms with van der Waals surface area (Å²) in [4.78, 5) is 0. The van der Waals surface area contributed by atoms with Crippen LogP contribution in [-0.2, 0) is 7.05 Å². The maximum Gasteiger partial charge on any atom is 0.214 e. The number of hydrogen-bond acceptors (Lipinski definition) is 2. The summed E-state index contributed by atoms with van der Waals surface area (Å²) in [6.45, 7) is 2.17. The van der Waals surface area contributed by atoms with Gasteiger partial charge >= 0.3 is 0 Å². The molecular weight excluding hydrogens is 372 g/mol. The predicted octanol–water partition coefficient (Wildman–Crippen LogP) is 6.39. The zero-order chi connectivity index (χ0) is 20.0. The number of rotatable bonds is 2. The summed E-state index contributed by atoms with van der Waals surface area (Å²) in [5, 5.41) is 11.8. The molecule has 0 N–H and O–H groups in total. The Kier molecular flexibility index (Phi) is 4.16. The van der Waals surface area contributed by atoms with Gasteiger partial charge in [-0.15, -0.1) is 11.3 Å². The van der Waals surface area contributed by atoms with Gasteiger partial charge in [-0.3, -0.25) is 0 Å². The third kappa shape index (κ3) is 2.81. The van der Waals surface area contributed by atoms with Gasteiger partial charge in [-0.25, -0.2) is 4.57 Å². The van der Waals surface area contributed by atoms with Crippen LogP contribution in [0.3, 0.4) is 0 Å². The molecule has 29 heavy (non-hydrogen) atoms. The molecular formula is C26H19N2S+. The second-order valence-electron chi connectivity index (χ2n) is 7.30. The fourth-order valence-corrected chi connectivity index (χ4v) is 5.36. The molecule has 5 rings (SSSR count). The molecule has 0 atom stereocenters. The van der Waals surface area contributed by atoms with Crippen LogP contribution in [0.15, 0.2) is 79.0 Å². The second kappa shape index (κ2) is 6.84. The molecule has 0 aliphatic heterocycles. The van der Waals surface area contributed by atoms with E-state index in [1.54, 1.807) is 11.3 Å². The molecule has 0 radical (unpaired) electrons. The van der Waals surface area contributed by atoms with E-state index in [-0.39, 0.29) is 0 Å². The van der Waals surface area contributed by atoms with E-state index in [1.165, 1.54) is 32.6 Å². The topological polar surface area (TPSA) is 27.7 Å². The largest absolute Gasteiger partial charge is 0.214 e. The monoisotopic (exact) mass is 391 g/mol. The van der Waals surface area contributed by atoms with E-state index in [4.69, 9.17) is 0 Å². The molecule has 5 aromatic rings. The highest BCUT2D eigenvalue weighted by molar-refractivity contribution is 7.26. The summed E-state index contributed by atoms with van der Waals surface area (Å²) < 4.78 is 4.58. The van der Waals surface area contributed by atoms with Crippen molar-refractivity contribution in [1.82, 2.24) is 0 Å². The molecule has 0 spiro atoms. The molecule has 0 saturated heterocycles. The standard InChI is InChI=1S/C26H19N2S/c1-17-11-12-21-25-20(16-27)9-6-10-23(25)29-26(21)24(17)22-15-19(13-14-28(22)2)18-7-4-3-5-8-18/h3-15H,1-2H3/q+1. The highest BCUT2D eigenvalue weighted by Gasteiger charge is 2.20. The predicted molar refractivity (Wildman–Crippen MR) is 121 cm³/mol. The highest BCUT2D eigenvalue weighted by Crippen LogP contribution is 2.42. The summed E-state index contributed by atoms with van der Waals surface area (Å²) in [7, 11) is 2.09. The molecule has 2 aromatic heterocycles. The van der Waals surface area contributed by atoms with Gasteiger partial charge in [-0.2, -0.15) is 5.26 Å². The first-order valence-corrected chi connectivity index (χ1v) is 10.4. The summed E-state index contributed by atoms with van der Waals surface area (Å²) in [5.74, 6) is 0. The molecule has 0 unspecified atom stereocenters. The van der Waals surface area contributed by atoms with Crippen molar-refractivity contribution in [2.24, 2.45) is 7.05 Å². The van der Waals surface area contributed by atoms with Crippen molar-refractivity contribution in [3.05, 3.63) is 90.1 Å². The van der Waals surface area contributed by atoms with E-state index in [2.05, 4.69) is 85.4 Å². The van der Waals surface area contributed by atoms with Gasteiger partial charge in [0.25, 0.3) is 0 Å². The highest BCUT2D eigenvalue weighted by atomic mass is 32.1. The Hall–Kier alpha value is -3.48. The van der Waals surface area contributed by atoms with Crippen molar-refractivity contribution in [2.75, 3.05) is 0 Å². The van der Waals surface area contributed by atoms with Crippen LogP contribution in [-0.4, -0.2) is 0 Å². The molecule has 0 aliphatic rings. The summed E-state index contributed by atoms with van der Waals surface area (Å²) in [6, 6.07) is 27.6. The van der Waals surface area contributed by atoms with E-state index >= 15 is 0 Å². The van der Waals surface area contributed by atoms with Crippen LogP contribution in [0.5, 0.6) is 0 Å². The lowest BCUT2D eigenvalue weighted by molar-refractivity contribution is -0.660. The molecule has 3 aromatic carbocycles. The van der Waals surface area contributed by atoms with Crippen molar-refractivity contribution in [3.63, 3.8) is 0 Å². The zero-order valence-electron chi connectivity index (χ0n) is 16.3. The molecule has 0 fully saturated rings. The Morgan fingerprint density at radius 2 is 1.72 bits per heavy atom. The van der Waals surface area contributed by atoms with Gasteiger partial charge in [0.15, 0.2) is 6.20 Å². The minimum Gasteiger partial charge on any atom is -0.201 e. The Balaban J connectivity index is 1.84. The lowest BCUT2D eigenvalue weighted by Crippen LogP contribution is -2.30. The fraction of sp³-hybridized carbons (Fsp3) is 0.0769. The number of aromatic nitrogens is 1. The third-order valence-electron chi connectivity index (χ3n) is 5.51. The lowest BCUT2D eigenvalue weighted by atomic mass is 9.97. The van der Waals surface area contributed by atoms with Crippen molar-refractivity contribution >= 4 is 31.5 Å². The molecule has 0 bridgehead atoms. The third-order valence-corrected chi connectivity index (χ3v) is 6.70. The number of nitriles is 1. The van der Waals surface area contributed by atoms with Crippen molar-refractivity contribution in [1.29, 1.82) is 5.26 Å². The van der Waals surface area contributed by atoms with Crippen LogP contribution in [0.4, 0.5) is 0 Å². The van der Waals surface area contributed by atoms with E-state index in [0.717, 1.165) is 21.0 Å². The summed E-state index contributed by atoms with van der Waals surface area (Å²) in [5.41, 5.74) is 6.82. The number of benzene rings is 3. The lowest BCUT2D eigenvalue weighted by Gasteiger charge is -2.08. The van der Waals surface area contributed by atoms with Crippen LogP contribution in [0, 0.1) is 18.3 Å². The molecule has 2 heterocycles. The second-order valence-corrected chi connectivity index (χ2v) is 8.36.